The van der Waals surface area contributed by atoms with E-state index in [1.807, 2.05) is 26.0 Å². The van der Waals surface area contributed by atoms with E-state index in [4.69, 9.17) is 21.1 Å². The van der Waals surface area contributed by atoms with Crippen molar-refractivity contribution in [1.82, 2.24) is 9.80 Å². The number of hydrogen-bond acceptors (Lipinski definition) is 5. The van der Waals surface area contributed by atoms with E-state index in [-0.39, 0.29) is 18.4 Å². The molecule has 7 nitrogen and oxygen atoms in total. The second-order valence-corrected chi connectivity index (χ2v) is 7.83. The molecule has 0 atom stereocenters. The number of rotatable bonds is 5. The van der Waals surface area contributed by atoms with Gasteiger partial charge < -0.3 is 19.3 Å². The summed E-state index contributed by atoms with van der Waals surface area (Å²) in [4.78, 5) is 39.8. The Morgan fingerprint density at radius 2 is 1.55 bits per heavy atom. The molecule has 2 aromatic rings. The Morgan fingerprint density at radius 3 is 2.16 bits per heavy atom. The molecule has 0 N–H and O–H groups in total. The summed E-state index contributed by atoms with van der Waals surface area (Å²) in [5.74, 6) is 0.202. The van der Waals surface area contributed by atoms with Crippen molar-refractivity contribution in [2.24, 2.45) is 0 Å². The zero-order chi connectivity index (χ0) is 22.5. The molecule has 1 saturated heterocycles. The molecule has 3 rings (SSSR count). The number of ether oxygens (including phenoxy) is 2. The molecule has 1 aliphatic heterocycles. The van der Waals surface area contributed by atoms with E-state index in [1.54, 1.807) is 34.1 Å². The first kappa shape index (κ1) is 22.6. The van der Waals surface area contributed by atoms with Crippen LogP contribution < -0.4 is 9.47 Å². The molecule has 31 heavy (non-hydrogen) atoms. The first-order valence-corrected chi connectivity index (χ1v) is 10.4. The Bertz CT molecular complexity index is 976. The van der Waals surface area contributed by atoms with Crippen LogP contribution in [0.15, 0.2) is 36.4 Å². The third-order valence-corrected chi connectivity index (χ3v) is 5.63. The van der Waals surface area contributed by atoms with Crippen molar-refractivity contribution in [3.63, 3.8) is 0 Å². The lowest BCUT2D eigenvalue weighted by Crippen LogP contribution is -2.51. The van der Waals surface area contributed by atoms with Gasteiger partial charge in [0.15, 0.2) is 6.61 Å². The predicted molar refractivity (Wildman–Crippen MR) is 117 cm³/mol. The van der Waals surface area contributed by atoms with E-state index >= 15 is 0 Å². The van der Waals surface area contributed by atoms with Gasteiger partial charge in [-0.1, -0.05) is 17.7 Å². The molecule has 0 aromatic heterocycles. The molecule has 2 aromatic carbocycles. The topological polar surface area (TPSA) is 76.2 Å². The lowest BCUT2D eigenvalue weighted by atomic mass is 10.1. The summed E-state index contributed by atoms with van der Waals surface area (Å²) in [6, 6.07) is 10.1. The molecule has 8 heteroatoms. The molecule has 0 saturated carbocycles. The van der Waals surface area contributed by atoms with Crippen LogP contribution in [0.5, 0.6) is 11.5 Å². The van der Waals surface area contributed by atoms with Crippen LogP contribution in [0.4, 0.5) is 0 Å². The average molecular weight is 445 g/mol. The molecule has 164 valence electrons. The summed E-state index contributed by atoms with van der Waals surface area (Å²) in [5, 5.41) is 0.692. The van der Waals surface area contributed by atoms with Gasteiger partial charge in [-0.15, -0.1) is 0 Å². The number of piperazine rings is 1. The third kappa shape index (κ3) is 5.76. The van der Waals surface area contributed by atoms with Gasteiger partial charge >= 0.3 is 5.97 Å². The maximum absolute atomic E-state index is 12.8. The van der Waals surface area contributed by atoms with Crippen LogP contribution in [-0.4, -0.2) is 60.4 Å². The van der Waals surface area contributed by atoms with Gasteiger partial charge in [0.2, 0.25) is 0 Å². The second-order valence-electron chi connectivity index (χ2n) is 7.45. The number of carbonyl (C=O) groups excluding carboxylic acids is 3. The monoisotopic (exact) mass is 444 g/mol. The molecule has 0 aliphatic carbocycles. The zero-order valence-electron chi connectivity index (χ0n) is 17.8. The lowest BCUT2D eigenvalue weighted by molar-refractivity contribution is -0.135. The summed E-state index contributed by atoms with van der Waals surface area (Å²) < 4.78 is 10.7. The van der Waals surface area contributed by atoms with Crippen molar-refractivity contribution in [2.75, 3.05) is 32.8 Å². The summed E-state index contributed by atoms with van der Waals surface area (Å²) >= 11 is 6.16. The van der Waals surface area contributed by atoms with Crippen LogP contribution in [0.1, 0.15) is 28.4 Å². The Morgan fingerprint density at radius 1 is 0.935 bits per heavy atom. The lowest BCUT2D eigenvalue weighted by Gasteiger charge is -2.34. The van der Waals surface area contributed by atoms with E-state index in [0.29, 0.717) is 48.3 Å². The van der Waals surface area contributed by atoms with Crippen LogP contribution >= 0.6 is 11.6 Å². The summed E-state index contributed by atoms with van der Waals surface area (Å²) in [5.41, 5.74) is 2.23. The van der Waals surface area contributed by atoms with Gasteiger partial charge in [-0.05, 0) is 55.3 Å². The van der Waals surface area contributed by atoms with Crippen molar-refractivity contribution in [1.29, 1.82) is 0 Å². The minimum absolute atomic E-state index is 0.0705. The molecule has 1 fully saturated rings. The Labute approximate surface area is 186 Å². The van der Waals surface area contributed by atoms with E-state index in [2.05, 4.69) is 0 Å². The maximum atomic E-state index is 12.8. The number of esters is 1. The van der Waals surface area contributed by atoms with Crippen molar-refractivity contribution in [3.05, 3.63) is 58.1 Å². The van der Waals surface area contributed by atoms with Gasteiger partial charge in [-0.3, -0.25) is 14.4 Å². The average Bonchev–Trinajstić information content (AvgIpc) is 2.75. The molecule has 0 unspecified atom stereocenters. The normalized spacial score (nSPS) is 13.7. The van der Waals surface area contributed by atoms with Gasteiger partial charge in [-0.2, -0.15) is 0 Å². The summed E-state index contributed by atoms with van der Waals surface area (Å²) in [6.45, 7) is 6.71. The zero-order valence-corrected chi connectivity index (χ0v) is 18.6. The van der Waals surface area contributed by atoms with Crippen LogP contribution in [0.3, 0.4) is 0 Å². The minimum atomic E-state index is -0.442. The maximum Gasteiger partial charge on any atom is 0.308 e. The van der Waals surface area contributed by atoms with Crippen LogP contribution in [0.25, 0.3) is 0 Å². The van der Waals surface area contributed by atoms with E-state index in [0.717, 1.165) is 11.1 Å². The summed E-state index contributed by atoms with van der Waals surface area (Å²) in [6.07, 6.45) is 0. The molecular formula is C23H25ClN2O5. The predicted octanol–water partition coefficient (Wildman–Crippen LogP) is 3.25. The molecule has 0 radical (unpaired) electrons. The highest BCUT2D eigenvalue weighted by molar-refractivity contribution is 6.32. The van der Waals surface area contributed by atoms with Gasteiger partial charge in [0, 0.05) is 43.7 Å². The van der Waals surface area contributed by atoms with Crippen molar-refractivity contribution in [3.8, 4) is 11.5 Å². The SMILES string of the molecule is CC(=O)Oc1cccc(C(=O)N2CCN(C(=O)COc3cc(C)c(Cl)c(C)c3)CC2)c1. The Kier molecular flexibility index (Phi) is 7.17. The van der Waals surface area contributed by atoms with Gasteiger partial charge in [0.05, 0.1) is 0 Å². The standard InChI is InChI=1S/C23H25ClN2O5/c1-15-11-20(12-16(2)22(15)24)30-14-21(28)25-7-9-26(10-8-25)23(29)18-5-4-6-19(13-18)31-17(3)27/h4-6,11-13H,7-10,14H2,1-3H3. The highest BCUT2D eigenvalue weighted by Gasteiger charge is 2.25. The van der Waals surface area contributed by atoms with Gasteiger partial charge in [-0.25, -0.2) is 0 Å². The molecule has 2 amide bonds. The van der Waals surface area contributed by atoms with Crippen LogP contribution in [0.2, 0.25) is 5.02 Å². The number of hydrogen-bond donors (Lipinski definition) is 0. The van der Waals surface area contributed by atoms with E-state index in [9.17, 15) is 14.4 Å². The third-order valence-electron chi connectivity index (χ3n) is 5.03. The van der Waals surface area contributed by atoms with Crippen LogP contribution in [-0.2, 0) is 9.59 Å². The number of aryl methyl sites for hydroxylation is 2. The molecule has 1 heterocycles. The quantitative estimate of drug-likeness (QED) is 0.522. The first-order chi connectivity index (χ1) is 14.7. The van der Waals surface area contributed by atoms with Crippen LogP contribution in [0, 0.1) is 13.8 Å². The summed E-state index contributed by atoms with van der Waals surface area (Å²) in [7, 11) is 0. The highest BCUT2D eigenvalue weighted by Crippen LogP contribution is 2.26. The minimum Gasteiger partial charge on any atom is -0.484 e. The number of halogens is 1. The Balaban J connectivity index is 1.52. The van der Waals surface area contributed by atoms with Gasteiger partial charge in [0.1, 0.15) is 11.5 Å². The molecule has 0 bridgehead atoms. The Hall–Kier alpha value is -3.06. The molecule has 0 spiro atoms. The number of carbonyl (C=O) groups is 3. The van der Waals surface area contributed by atoms with Crippen molar-refractivity contribution >= 4 is 29.4 Å². The largest absolute Gasteiger partial charge is 0.484 e. The van der Waals surface area contributed by atoms with Crippen molar-refractivity contribution in [2.45, 2.75) is 20.8 Å². The van der Waals surface area contributed by atoms with Gasteiger partial charge in [0.25, 0.3) is 11.8 Å². The smallest absolute Gasteiger partial charge is 0.308 e. The number of nitrogens with zero attached hydrogens (tertiary/aromatic N) is 2. The fraction of sp³-hybridized carbons (Fsp3) is 0.348. The first-order valence-electron chi connectivity index (χ1n) is 9.99. The molecule has 1 aliphatic rings. The highest BCUT2D eigenvalue weighted by atomic mass is 35.5. The second kappa shape index (κ2) is 9.83. The number of amides is 2. The fourth-order valence-corrected chi connectivity index (χ4v) is 3.54. The number of benzene rings is 2. The van der Waals surface area contributed by atoms with Crippen molar-refractivity contribution < 1.29 is 23.9 Å². The fourth-order valence-electron chi connectivity index (χ4n) is 3.43. The van der Waals surface area contributed by atoms with E-state index in [1.165, 1.54) is 6.92 Å². The van der Waals surface area contributed by atoms with E-state index < -0.39 is 5.97 Å². The molecular weight excluding hydrogens is 420 g/mol.